The van der Waals surface area contributed by atoms with Crippen LogP contribution in [0.1, 0.15) is 0 Å². The van der Waals surface area contributed by atoms with Gasteiger partial charge in [0.25, 0.3) is 13.4 Å². The molecule has 0 atom stereocenters. The number of anilines is 18. The van der Waals surface area contributed by atoms with Gasteiger partial charge in [0, 0.05) is 178 Å². The van der Waals surface area contributed by atoms with Crippen molar-refractivity contribution in [2.24, 2.45) is 0 Å². The van der Waals surface area contributed by atoms with Crippen LogP contribution in [-0.4, -0.2) is 13.4 Å². The molecular formula is C114H66B2N6S6. The summed E-state index contributed by atoms with van der Waals surface area (Å²) in [5.41, 5.74) is 27.5. The molecule has 6 nitrogen and oxygen atoms in total. The lowest BCUT2D eigenvalue weighted by molar-refractivity contribution is 1.23. The predicted octanol–water partition coefficient (Wildman–Crippen LogP) is 31.0. The number of hydrogen-bond donors (Lipinski definition) is 0. The fraction of sp³-hybridized carbons (Fsp3) is 0. The van der Waals surface area contributed by atoms with Gasteiger partial charge in [-0.1, -0.05) is 224 Å². The normalized spacial score (nSPS) is 13.2. The Hall–Kier alpha value is -14.6. The Balaban J connectivity index is 0.788. The fourth-order valence-corrected chi connectivity index (χ4v) is 29.1. The zero-order valence-corrected chi connectivity index (χ0v) is 73.3. The molecule has 0 amide bonds. The van der Waals surface area contributed by atoms with Crippen LogP contribution >= 0.6 is 68.0 Å². The minimum Gasteiger partial charge on any atom is -0.311 e. The molecule has 128 heavy (non-hydrogen) atoms. The Labute approximate surface area is 760 Å². The molecule has 6 aromatic heterocycles. The quantitative estimate of drug-likeness (QED) is 0.126. The molecule has 19 aromatic carbocycles. The lowest BCUT2D eigenvalue weighted by Gasteiger charge is -2.48. The van der Waals surface area contributed by atoms with Gasteiger partial charge in [0.15, 0.2) is 0 Å². The van der Waals surface area contributed by atoms with Gasteiger partial charge in [-0.25, -0.2) is 0 Å². The molecule has 14 heteroatoms. The third-order valence-corrected chi connectivity index (χ3v) is 34.1. The van der Waals surface area contributed by atoms with Gasteiger partial charge in [0.2, 0.25) is 0 Å². The third-order valence-electron chi connectivity index (χ3n) is 27.3. The van der Waals surface area contributed by atoms with Crippen LogP contribution in [0.4, 0.5) is 102 Å². The van der Waals surface area contributed by atoms with Crippen LogP contribution in [0.15, 0.2) is 400 Å². The Morgan fingerprint density at radius 2 is 0.406 bits per heavy atom. The molecule has 0 spiro atoms. The molecule has 4 aliphatic rings. The van der Waals surface area contributed by atoms with Gasteiger partial charge in [0.1, 0.15) is 0 Å². The standard InChI is InChI=1S/C114H66B2N6S6/c1-3-29-67(30-4-1)117(83-43-23-55-101-107(83)71-33-7-17-49-95(71)123-101)69-61-91-113-93(63-69)121(87-47-27-59-105-111(87)75-37-11-21-53-99(75)127-105)89-66-90-80(65-79(89)115(113)77-39-13-15-41-81(77)119(91)85-45-25-57-103-109(85)73-35-9-19-51-97(73)125-103)116-78-40-14-16-42-82(78)120(86-46-26-58-104-110(86)74-36-10-20-52-98(74)126-104)92-62-70(64-94(114(92)116)122(90)88-48-28-60-106-112(88)76-38-12-22-54-100(76)128-106)118(68-31-5-2-6-32-68)84-44-24-56-102-108(84)72-34-8-18-50-96(72)124-102/h1-66H. The summed E-state index contributed by atoms with van der Waals surface area (Å²) in [6.07, 6.45) is 0. The summed E-state index contributed by atoms with van der Waals surface area (Å²) in [5, 5.41) is 14.8. The monoisotopic (exact) mass is 1730 g/mol. The first kappa shape index (κ1) is 71.7. The lowest BCUT2D eigenvalue weighted by atomic mass is 9.30. The van der Waals surface area contributed by atoms with Crippen molar-refractivity contribution in [3.8, 4) is 0 Å². The van der Waals surface area contributed by atoms with Gasteiger partial charge in [-0.2, -0.15) is 0 Å². The minimum atomic E-state index is -0.305. The molecule has 0 aliphatic carbocycles. The highest BCUT2D eigenvalue weighted by Gasteiger charge is 2.50. The van der Waals surface area contributed by atoms with Crippen LogP contribution in [0.2, 0.25) is 0 Å². The topological polar surface area (TPSA) is 19.4 Å². The first-order chi connectivity index (χ1) is 63.5. The molecular weight excluding hydrogens is 1670 g/mol. The van der Waals surface area contributed by atoms with Crippen molar-refractivity contribution >= 4 is 338 Å². The SMILES string of the molecule is c1ccc(N(c2cc3c4c(c2)N(c2cccc5sc6ccccc6c25)c2cc5c(cc2B4c2ccccc2N3c2cccc3sc4ccccc4c23)B2c3ccccc3N(c3cccc4sc6ccccc6c34)c3cc(N(c4ccccc4)c4cccc6sc7ccccc7c46)cc(c32)N5c2cccc3sc4ccccc4c23)c2cccc3sc4ccccc4c23)cc1. The van der Waals surface area contributed by atoms with E-state index in [-0.39, 0.29) is 13.4 Å². The Morgan fingerprint density at radius 3 is 0.727 bits per heavy atom. The summed E-state index contributed by atoms with van der Waals surface area (Å²) in [5.74, 6) is 0. The highest BCUT2D eigenvalue weighted by molar-refractivity contribution is 7.28. The summed E-state index contributed by atoms with van der Waals surface area (Å²) in [4.78, 5) is 16.0. The van der Waals surface area contributed by atoms with Crippen molar-refractivity contribution in [2.45, 2.75) is 0 Å². The Bertz CT molecular complexity index is 8580. The van der Waals surface area contributed by atoms with E-state index >= 15 is 0 Å². The second-order valence-electron chi connectivity index (χ2n) is 33.9. The van der Waals surface area contributed by atoms with Crippen LogP contribution < -0.4 is 62.2 Å². The number of nitrogens with zero attached hydrogens (tertiary/aromatic N) is 6. The van der Waals surface area contributed by atoms with E-state index in [1.165, 1.54) is 154 Å². The van der Waals surface area contributed by atoms with Crippen LogP contribution in [0.25, 0.3) is 121 Å². The lowest BCUT2D eigenvalue weighted by Crippen LogP contribution is -2.65. The Kier molecular flexibility index (Phi) is 15.4. The molecule has 0 N–H and O–H groups in total. The van der Waals surface area contributed by atoms with Gasteiger partial charge >= 0.3 is 0 Å². The molecule has 0 fully saturated rings. The van der Waals surface area contributed by atoms with Crippen molar-refractivity contribution in [1.29, 1.82) is 0 Å². The van der Waals surface area contributed by atoms with E-state index < -0.39 is 0 Å². The minimum absolute atomic E-state index is 0.305. The smallest absolute Gasteiger partial charge is 0.252 e. The van der Waals surface area contributed by atoms with Crippen LogP contribution in [0, 0.1) is 0 Å². The number of hydrogen-bond acceptors (Lipinski definition) is 12. The van der Waals surface area contributed by atoms with E-state index in [2.05, 4.69) is 430 Å². The molecule has 594 valence electrons. The van der Waals surface area contributed by atoms with Crippen LogP contribution in [0.5, 0.6) is 0 Å². The number of benzene rings is 19. The van der Waals surface area contributed by atoms with Crippen LogP contribution in [-0.2, 0) is 0 Å². The number of para-hydroxylation sites is 4. The molecule has 0 unspecified atom stereocenters. The van der Waals surface area contributed by atoms with Gasteiger partial charge in [0.05, 0.1) is 45.5 Å². The second-order valence-corrected chi connectivity index (χ2v) is 40.4. The van der Waals surface area contributed by atoms with Gasteiger partial charge in [-0.15, -0.1) is 68.0 Å². The molecule has 10 heterocycles. The Morgan fingerprint density at radius 1 is 0.164 bits per heavy atom. The van der Waals surface area contributed by atoms with Crippen molar-refractivity contribution < 1.29 is 0 Å². The maximum atomic E-state index is 2.76. The summed E-state index contributed by atoms with van der Waals surface area (Å²) in [7, 11) is 0. The number of thiophene rings is 6. The van der Waals surface area contributed by atoms with Crippen LogP contribution in [0.3, 0.4) is 0 Å². The van der Waals surface area contributed by atoms with E-state index in [0.29, 0.717) is 0 Å². The highest BCUT2D eigenvalue weighted by Crippen LogP contribution is 2.59. The summed E-state index contributed by atoms with van der Waals surface area (Å²) in [6, 6.07) is 154. The summed E-state index contributed by atoms with van der Waals surface area (Å²) in [6.45, 7) is -0.610. The second kappa shape index (κ2) is 27.5. The average molecular weight is 1730 g/mol. The van der Waals surface area contributed by atoms with Gasteiger partial charge in [-0.3, -0.25) is 0 Å². The average Bonchev–Trinajstić information content (AvgIpc) is 1.09. The molecule has 0 bridgehead atoms. The maximum Gasteiger partial charge on any atom is 0.252 e. The molecule has 25 aromatic rings. The van der Waals surface area contributed by atoms with Crippen molar-refractivity contribution in [2.75, 3.05) is 29.4 Å². The largest absolute Gasteiger partial charge is 0.311 e. The first-order valence-electron chi connectivity index (χ1n) is 43.6. The summed E-state index contributed by atoms with van der Waals surface area (Å²) < 4.78 is 15.0. The molecule has 0 saturated heterocycles. The molecule has 0 radical (unpaired) electrons. The maximum absolute atomic E-state index is 2.76. The highest BCUT2D eigenvalue weighted by atomic mass is 32.1. The molecule has 0 saturated carbocycles. The molecule has 4 aliphatic heterocycles. The van der Waals surface area contributed by atoms with Crippen molar-refractivity contribution in [3.05, 3.63) is 400 Å². The van der Waals surface area contributed by atoms with E-state index in [1.807, 2.05) is 68.0 Å². The number of fused-ring (bicyclic) bond motifs is 26. The number of rotatable bonds is 10. The van der Waals surface area contributed by atoms with E-state index in [1.54, 1.807) is 0 Å². The van der Waals surface area contributed by atoms with Crippen molar-refractivity contribution in [1.82, 2.24) is 0 Å². The van der Waals surface area contributed by atoms with E-state index in [0.717, 1.165) is 102 Å². The third kappa shape index (κ3) is 10.2. The van der Waals surface area contributed by atoms with E-state index in [4.69, 9.17) is 0 Å². The summed E-state index contributed by atoms with van der Waals surface area (Å²) >= 11 is 11.3. The molecule has 29 rings (SSSR count). The van der Waals surface area contributed by atoms with Gasteiger partial charge < -0.3 is 29.4 Å². The zero-order chi connectivity index (χ0) is 83.2. The fourth-order valence-electron chi connectivity index (χ4n) is 22.3. The zero-order valence-electron chi connectivity index (χ0n) is 68.4. The van der Waals surface area contributed by atoms with Gasteiger partial charge in [-0.05, 0) is 209 Å². The first-order valence-corrected chi connectivity index (χ1v) is 48.5. The predicted molar refractivity (Wildman–Crippen MR) is 561 cm³/mol. The van der Waals surface area contributed by atoms with Crippen molar-refractivity contribution in [3.63, 3.8) is 0 Å². The van der Waals surface area contributed by atoms with E-state index in [9.17, 15) is 0 Å².